The van der Waals surface area contributed by atoms with Crippen LogP contribution < -0.4 is 10.2 Å². The molecular weight excluding hydrogens is 434 g/mol. The number of hydrogen-bond donors (Lipinski definition) is 2. The zero-order valence-corrected chi connectivity index (χ0v) is 18.1. The van der Waals surface area contributed by atoms with Crippen LogP contribution in [0, 0.1) is 0 Å². The van der Waals surface area contributed by atoms with Gasteiger partial charge in [-0.1, -0.05) is 24.4 Å². The van der Waals surface area contributed by atoms with Gasteiger partial charge in [0, 0.05) is 41.8 Å². The molecule has 0 bridgehead atoms. The Bertz CT molecular complexity index is 849. The topological polar surface area (TPSA) is 87.3 Å². The van der Waals surface area contributed by atoms with Crippen molar-refractivity contribution in [2.24, 2.45) is 0 Å². The van der Waals surface area contributed by atoms with Gasteiger partial charge in [0.1, 0.15) is 5.82 Å². The number of piperidine rings is 1. The Morgan fingerprint density at radius 1 is 1.14 bits per heavy atom. The van der Waals surface area contributed by atoms with E-state index in [4.69, 9.17) is 4.52 Å². The highest BCUT2D eigenvalue weighted by Crippen LogP contribution is 2.40. The van der Waals surface area contributed by atoms with Crippen molar-refractivity contribution in [1.82, 2.24) is 20.4 Å². The van der Waals surface area contributed by atoms with Gasteiger partial charge in [0.15, 0.2) is 5.82 Å². The third-order valence-electron chi connectivity index (χ3n) is 6.38. The van der Waals surface area contributed by atoms with Gasteiger partial charge in [-0.3, -0.25) is 0 Å². The van der Waals surface area contributed by atoms with Crippen LogP contribution in [-0.4, -0.2) is 51.5 Å². The van der Waals surface area contributed by atoms with E-state index in [2.05, 4.69) is 41.3 Å². The molecule has 29 heavy (non-hydrogen) atoms. The predicted molar refractivity (Wildman–Crippen MR) is 114 cm³/mol. The zero-order valence-electron chi connectivity index (χ0n) is 16.6. The molecule has 0 unspecified atom stereocenters. The summed E-state index contributed by atoms with van der Waals surface area (Å²) in [7, 11) is 0. The van der Waals surface area contributed by atoms with Crippen LogP contribution in [0.5, 0.6) is 0 Å². The lowest BCUT2D eigenvalue weighted by Gasteiger charge is -2.39. The normalized spacial score (nSPS) is 26.1. The lowest BCUT2D eigenvalue weighted by molar-refractivity contribution is 0.103. The standard InChI is InChI=1S/C21H28BrN5O2/c22-14-10-16(21-25-19(26-29-21)13-6-7-13)20(23-11-14)27-9-8-17(18(28)12-27)24-15-4-2-1-3-5-15/h10-11,13,15,17-18,24,28H,1-9,12H2/t17-,18-/m1/s1. The molecule has 3 aliphatic rings. The molecule has 2 saturated carbocycles. The van der Waals surface area contributed by atoms with Crippen molar-refractivity contribution >= 4 is 21.7 Å². The van der Waals surface area contributed by atoms with E-state index in [0.29, 0.717) is 24.4 Å². The van der Waals surface area contributed by atoms with Crippen molar-refractivity contribution in [3.05, 3.63) is 22.6 Å². The Balaban J connectivity index is 1.32. The summed E-state index contributed by atoms with van der Waals surface area (Å²) in [5, 5.41) is 18.7. The van der Waals surface area contributed by atoms with E-state index < -0.39 is 6.10 Å². The Kier molecular flexibility index (Phi) is 5.58. The van der Waals surface area contributed by atoms with Crippen LogP contribution in [0.1, 0.15) is 63.1 Å². The van der Waals surface area contributed by atoms with Crippen LogP contribution in [0.2, 0.25) is 0 Å². The van der Waals surface area contributed by atoms with Gasteiger partial charge in [0.25, 0.3) is 5.89 Å². The second-order valence-corrected chi connectivity index (χ2v) is 9.58. The van der Waals surface area contributed by atoms with E-state index in [1.165, 1.54) is 32.1 Å². The summed E-state index contributed by atoms with van der Waals surface area (Å²) >= 11 is 3.51. The maximum absolute atomic E-state index is 10.8. The quantitative estimate of drug-likeness (QED) is 0.702. The zero-order chi connectivity index (χ0) is 19.8. The summed E-state index contributed by atoms with van der Waals surface area (Å²) < 4.78 is 6.44. The molecule has 1 saturated heterocycles. The van der Waals surface area contributed by atoms with Crippen molar-refractivity contribution in [1.29, 1.82) is 0 Å². The van der Waals surface area contributed by atoms with Gasteiger partial charge in [-0.25, -0.2) is 4.98 Å². The van der Waals surface area contributed by atoms with Crippen molar-refractivity contribution in [3.8, 4) is 11.5 Å². The average Bonchev–Trinajstić information content (AvgIpc) is 3.47. The number of nitrogens with zero attached hydrogens (tertiary/aromatic N) is 4. The van der Waals surface area contributed by atoms with E-state index in [1.807, 2.05) is 6.07 Å². The van der Waals surface area contributed by atoms with Gasteiger partial charge >= 0.3 is 0 Å². The van der Waals surface area contributed by atoms with Gasteiger partial charge < -0.3 is 19.8 Å². The predicted octanol–water partition coefficient (Wildman–Crippen LogP) is 3.63. The number of aliphatic hydroxyl groups is 1. The number of hydrogen-bond acceptors (Lipinski definition) is 7. The molecule has 3 fully saturated rings. The summed E-state index contributed by atoms with van der Waals surface area (Å²) in [6.07, 6.45) is 10.9. The number of nitrogens with one attached hydrogen (secondary N) is 1. The fraction of sp³-hybridized carbons (Fsp3) is 0.667. The van der Waals surface area contributed by atoms with Gasteiger partial charge in [-0.15, -0.1) is 0 Å². The molecule has 0 amide bonds. The fourth-order valence-electron chi connectivity index (χ4n) is 4.58. The van der Waals surface area contributed by atoms with E-state index in [9.17, 15) is 5.11 Å². The number of aromatic nitrogens is 3. The lowest BCUT2D eigenvalue weighted by atomic mass is 9.92. The maximum atomic E-state index is 10.8. The first-order valence-electron chi connectivity index (χ1n) is 10.9. The molecule has 5 rings (SSSR count). The van der Waals surface area contributed by atoms with Crippen LogP contribution in [-0.2, 0) is 0 Å². The van der Waals surface area contributed by atoms with E-state index in [0.717, 1.165) is 47.5 Å². The van der Waals surface area contributed by atoms with Crippen molar-refractivity contribution in [2.45, 2.75) is 75.5 Å². The minimum Gasteiger partial charge on any atom is -0.390 e. The number of anilines is 1. The summed E-state index contributed by atoms with van der Waals surface area (Å²) in [6.45, 7) is 1.39. The molecule has 1 aliphatic heterocycles. The maximum Gasteiger partial charge on any atom is 0.261 e. The van der Waals surface area contributed by atoms with Crippen LogP contribution in [0.4, 0.5) is 5.82 Å². The minimum atomic E-state index is -0.423. The third-order valence-corrected chi connectivity index (χ3v) is 6.82. The Hall–Kier alpha value is -1.51. The smallest absolute Gasteiger partial charge is 0.261 e. The van der Waals surface area contributed by atoms with Crippen molar-refractivity contribution < 1.29 is 9.63 Å². The molecule has 0 aromatic carbocycles. The van der Waals surface area contributed by atoms with Gasteiger partial charge in [-0.05, 0) is 54.1 Å². The van der Waals surface area contributed by atoms with Gasteiger partial charge in [0.05, 0.1) is 11.7 Å². The minimum absolute atomic E-state index is 0.151. The molecule has 2 atom stereocenters. The SMILES string of the molecule is O[C@@H]1CN(c2ncc(Br)cc2-c2nc(C3CC3)no2)CC[C@H]1NC1CCCCC1. The highest BCUT2D eigenvalue weighted by atomic mass is 79.9. The van der Waals surface area contributed by atoms with Crippen molar-refractivity contribution in [3.63, 3.8) is 0 Å². The van der Waals surface area contributed by atoms with E-state index in [1.54, 1.807) is 6.20 Å². The van der Waals surface area contributed by atoms with Gasteiger partial charge in [-0.2, -0.15) is 4.98 Å². The molecule has 8 heteroatoms. The summed E-state index contributed by atoms with van der Waals surface area (Å²) in [4.78, 5) is 11.4. The number of β-amino-alcohol motifs (C(OH)–C–C–N with tert-alkyl or cyclic N) is 1. The number of aliphatic hydroxyl groups excluding tert-OH is 1. The first-order valence-corrected chi connectivity index (χ1v) is 11.7. The largest absolute Gasteiger partial charge is 0.390 e. The Morgan fingerprint density at radius 2 is 1.97 bits per heavy atom. The van der Waals surface area contributed by atoms with Crippen LogP contribution in [0.15, 0.2) is 21.3 Å². The van der Waals surface area contributed by atoms with Crippen LogP contribution in [0.25, 0.3) is 11.5 Å². The lowest BCUT2D eigenvalue weighted by Crippen LogP contribution is -2.55. The summed E-state index contributed by atoms with van der Waals surface area (Å²) in [6, 6.07) is 2.68. The van der Waals surface area contributed by atoms with Crippen LogP contribution in [0.3, 0.4) is 0 Å². The second-order valence-electron chi connectivity index (χ2n) is 8.67. The fourth-order valence-corrected chi connectivity index (χ4v) is 4.91. The Labute approximate surface area is 179 Å². The van der Waals surface area contributed by atoms with Crippen molar-refractivity contribution in [2.75, 3.05) is 18.0 Å². The summed E-state index contributed by atoms with van der Waals surface area (Å²) in [5.74, 6) is 2.54. The monoisotopic (exact) mass is 461 g/mol. The highest BCUT2D eigenvalue weighted by Gasteiger charge is 2.33. The van der Waals surface area contributed by atoms with E-state index in [-0.39, 0.29) is 6.04 Å². The van der Waals surface area contributed by atoms with Crippen LogP contribution >= 0.6 is 15.9 Å². The molecule has 0 spiro atoms. The number of pyridine rings is 1. The highest BCUT2D eigenvalue weighted by molar-refractivity contribution is 9.10. The number of rotatable bonds is 5. The Morgan fingerprint density at radius 3 is 2.72 bits per heavy atom. The molecule has 3 heterocycles. The third kappa shape index (κ3) is 4.34. The van der Waals surface area contributed by atoms with Gasteiger partial charge in [0.2, 0.25) is 0 Å². The molecule has 2 aromatic heterocycles. The molecule has 2 aromatic rings. The molecule has 156 valence electrons. The molecular formula is C21H28BrN5O2. The molecule has 2 aliphatic carbocycles. The first kappa shape index (κ1) is 19.5. The molecule has 2 N–H and O–H groups in total. The molecule has 0 radical (unpaired) electrons. The second kappa shape index (κ2) is 8.32. The number of halogens is 1. The summed E-state index contributed by atoms with van der Waals surface area (Å²) in [5.41, 5.74) is 0.824. The average molecular weight is 462 g/mol. The molecule has 7 nitrogen and oxygen atoms in total. The van der Waals surface area contributed by atoms with E-state index >= 15 is 0 Å². The first-order chi connectivity index (χ1) is 14.2.